The van der Waals surface area contributed by atoms with Crippen molar-refractivity contribution in [2.24, 2.45) is 5.92 Å². The van der Waals surface area contributed by atoms with Crippen molar-refractivity contribution in [2.45, 2.75) is 6.42 Å². The highest BCUT2D eigenvalue weighted by Gasteiger charge is 2.14. The summed E-state index contributed by atoms with van der Waals surface area (Å²) < 4.78 is 11.1. The molecule has 4 heteroatoms. The summed E-state index contributed by atoms with van der Waals surface area (Å²) in [4.78, 5) is 2.11. The van der Waals surface area contributed by atoms with Gasteiger partial charge in [-0.3, -0.25) is 0 Å². The van der Waals surface area contributed by atoms with Gasteiger partial charge in [-0.05, 0) is 32.6 Å². The lowest BCUT2D eigenvalue weighted by molar-refractivity contribution is 0.187. The van der Waals surface area contributed by atoms with E-state index in [0.717, 1.165) is 44.2 Å². The monoisotopic (exact) mass is 264 g/mol. The minimum absolute atomic E-state index is 0.637. The molecule has 0 aliphatic carbocycles. The molecule has 1 N–H and O–H groups in total. The van der Waals surface area contributed by atoms with Gasteiger partial charge in [0.2, 0.25) is 0 Å². The van der Waals surface area contributed by atoms with Crippen molar-refractivity contribution >= 4 is 5.69 Å². The Morgan fingerprint density at radius 3 is 3.05 bits per heavy atom. The number of anilines is 1. The van der Waals surface area contributed by atoms with Gasteiger partial charge in [0.05, 0.1) is 6.61 Å². The molecule has 1 aromatic carbocycles. The normalized spacial score (nSPS) is 18.8. The summed E-state index contributed by atoms with van der Waals surface area (Å²) in [6.07, 6.45) is 1.16. The minimum Gasteiger partial charge on any atom is -0.492 e. The van der Waals surface area contributed by atoms with Crippen LogP contribution < -0.4 is 10.1 Å². The number of nitrogens with one attached hydrogen (secondary N) is 1. The number of hydrogen-bond donors (Lipinski definition) is 1. The number of hydrogen-bond acceptors (Lipinski definition) is 4. The summed E-state index contributed by atoms with van der Waals surface area (Å²) in [5.74, 6) is 1.56. The largest absolute Gasteiger partial charge is 0.492 e. The molecule has 1 saturated heterocycles. The third kappa shape index (κ3) is 5.09. The van der Waals surface area contributed by atoms with Gasteiger partial charge in [-0.15, -0.1) is 0 Å². The van der Waals surface area contributed by atoms with Crippen molar-refractivity contribution in [1.29, 1.82) is 0 Å². The van der Waals surface area contributed by atoms with Crippen LogP contribution in [0.5, 0.6) is 5.75 Å². The first kappa shape index (κ1) is 14.2. The summed E-state index contributed by atoms with van der Waals surface area (Å²) in [5, 5.41) is 3.46. The highest BCUT2D eigenvalue weighted by Crippen LogP contribution is 2.19. The standard InChI is InChI=1S/C15H24N2O2/c1-17(2)7-9-19-15-5-3-4-14(10-15)16-11-13-6-8-18-12-13/h3-5,10,13,16H,6-9,11-12H2,1-2H3. The van der Waals surface area contributed by atoms with Crippen molar-refractivity contribution in [2.75, 3.05) is 52.3 Å². The van der Waals surface area contributed by atoms with Crippen LogP contribution in [-0.2, 0) is 4.74 Å². The Morgan fingerprint density at radius 1 is 1.42 bits per heavy atom. The smallest absolute Gasteiger partial charge is 0.121 e. The lowest BCUT2D eigenvalue weighted by Crippen LogP contribution is -2.19. The van der Waals surface area contributed by atoms with E-state index in [1.165, 1.54) is 0 Å². The van der Waals surface area contributed by atoms with E-state index in [1.807, 2.05) is 26.2 Å². The van der Waals surface area contributed by atoms with Gasteiger partial charge in [0.25, 0.3) is 0 Å². The van der Waals surface area contributed by atoms with Crippen molar-refractivity contribution in [3.8, 4) is 5.75 Å². The van der Waals surface area contributed by atoms with Crippen LogP contribution in [0.2, 0.25) is 0 Å². The first-order valence-electron chi connectivity index (χ1n) is 6.93. The first-order chi connectivity index (χ1) is 9.24. The number of nitrogens with zero attached hydrogens (tertiary/aromatic N) is 1. The maximum atomic E-state index is 5.72. The molecule has 0 aromatic heterocycles. The summed E-state index contributed by atoms with van der Waals surface area (Å²) >= 11 is 0. The van der Waals surface area contributed by atoms with Crippen LogP contribution in [0.4, 0.5) is 5.69 Å². The summed E-state index contributed by atoms with van der Waals surface area (Å²) in [7, 11) is 4.09. The third-order valence-electron chi connectivity index (χ3n) is 3.26. The fraction of sp³-hybridized carbons (Fsp3) is 0.600. The van der Waals surface area contributed by atoms with Crippen LogP contribution in [-0.4, -0.2) is 51.9 Å². The second kappa shape index (κ2) is 7.36. The van der Waals surface area contributed by atoms with Crippen molar-refractivity contribution in [3.05, 3.63) is 24.3 Å². The van der Waals surface area contributed by atoms with Crippen molar-refractivity contribution in [1.82, 2.24) is 4.90 Å². The predicted octanol–water partition coefficient (Wildman–Crippen LogP) is 2.08. The molecule has 1 aliphatic rings. The third-order valence-corrected chi connectivity index (χ3v) is 3.26. The van der Waals surface area contributed by atoms with Crippen LogP contribution in [0, 0.1) is 5.92 Å². The molecule has 0 saturated carbocycles. The Labute approximate surface area is 115 Å². The zero-order valence-electron chi connectivity index (χ0n) is 11.9. The minimum atomic E-state index is 0.637. The van der Waals surface area contributed by atoms with Crippen molar-refractivity contribution < 1.29 is 9.47 Å². The van der Waals surface area contributed by atoms with Crippen LogP contribution in [0.25, 0.3) is 0 Å². The molecule has 0 radical (unpaired) electrons. The highest BCUT2D eigenvalue weighted by atomic mass is 16.5. The van der Waals surface area contributed by atoms with E-state index in [9.17, 15) is 0 Å². The van der Waals surface area contributed by atoms with Gasteiger partial charge in [-0.25, -0.2) is 0 Å². The summed E-state index contributed by atoms with van der Waals surface area (Å²) in [5.41, 5.74) is 1.12. The lowest BCUT2D eigenvalue weighted by atomic mass is 10.1. The highest BCUT2D eigenvalue weighted by molar-refractivity contribution is 5.48. The molecule has 1 fully saturated rings. The van der Waals surface area contributed by atoms with E-state index in [4.69, 9.17) is 9.47 Å². The lowest BCUT2D eigenvalue weighted by Gasteiger charge is -2.13. The van der Waals surface area contributed by atoms with E-state index in [-0.39, 0.29) is 0 Å². The Morgan fingerprint density at radius 2 is 2.32 bits per heavy atom. The van der Waals surface area contributed by atoms with Gasteiger partial charge in [-0.1, -0.05) is 6.07 Å². The fourth-order valence-corrected chi connectivity index (χ4v) is 2.05. The van der Waals surface area contributed by atoms with Crippen LogP contribution >= 0.6 is 0 Å². The molecule has 19 heavy (non-hydrogen) atoms. The molecular weight excluding hydrogens is 240 g/mol. The van der Waals surface area contributed by atoms with E-state index >= 15 is 0 Å². The molecule has 0 bridgehead atoms. The molecule has 1 unspecified atom stereocenters. The van der Waals surface area contributed by atoms with Gasteiger partial charge < -0.3 is 19.7 Å². The van der Waals surface area contributed by atoms with E-state index in [1.54, 1.807) is 0 Å². The van der Waals surface area contributed by atoms with Crippen molar-refractivity contribution in [3.63, 3.8) is 0 Å². The van der Waals surface area contributed by atoms with Gasteiger partial charge >= 0.3 is 0 Å². The Bertz CT molecular complexity index is 376. The number of ether oxygens (including phenoxy) is 2. The average Bonchev–Trinajstić information content (AvgIpc) is 2.89. The predicted molar refractivity (Wildman–Crippen MR) is 77.9 cm³/mol. The Kier molecular flexibility index (Phi) is 5.48. The van der Waals surface area contributed by atoms with Gasteiger partial charge in [-0.2, -0.15) is 0 Å². The maximum absolute atomic E-state index is 5.72. The average molecular weight is 264 g/mol. The van der Waals surface area contributed by atoms with Crippen LogP contribution in [0.15, 0.2) is 24.3 Å². The summed E-state index contributed by atoms with van der Waals surface area (Å²) in [6, 6.07) is 8.16. The summed E-state index contributed by atoms with van der Waals surface area (Å²) in [6.45, 7) is 4.40. The second-order valence-electron chi connectivity index (χ2n) is 5.29. The Balaban J connectivity index is 1.77. The van der Waals surface area contributed by atoms with Crippen LogP contribution in [0.1, 0.15) is 6.42 Å². The molecule has 0 spiro atoms. The first-order valence-corrected chi connectivity index (χ1v) is 6.93. The SMILES string of the molecule is CN(C)CCOc1cccc(NCC2CCOC2)c1. The number of likely N-dealkylation sites (N-methyl/N-ethyl adjacent to an activating group) is 1. The molecule has 1 atom stereocenters. The molecule has 2 rings (SSSR count). The number of benzene rings is 1. The molecule has 4 nitrogen and oxygen atoms in total. The molecule has 1 heterocycles. The van der Waals surface area contributed by atoms with Gasteiger partial charge in [0.15, 0.2) is 0 Å². The molecule has 1 aliphatic heterocycles. The van der Waals surface area contributed by atoms with Crippen LogP contribution in [0.3, 0.4) is 0 Å². The number of rotatable bonds is 7. The van der Waals surface area contributed by atoms with Gasteiger partial charge in [0, 0.05) is 37.4 Å². The second-order valence-corrected chi connectivity index (χ2v) is 5.29. The quantitative estimate of drug-likeness (QED) is 0.817. The Hall–Kier alpha value is -1.26. The zero-order valence-corrected chi connectivity index (χ0v) is 11.9. The molecular formula is C15H24N2O2. The topological polar surface area (TPSA) is 33.7 Å². The maximum Gasteiger partial charge on any atom is 0.121 e. The van der Waals surface area contributed by atoms with Gasteiger partial charge in [0.1, 0.15) is 12.4 Å². The fourth-order valence-electron chi connectivity index (χ4n) is 2.05. The zero-order chi connectivity index (χ0) is 13.5. The van der Waals surface area contributed by atoms with E-state index in [2.05, 4.69) is 22.3 Å². The van der Waals surface area contributed by atoms with E-state index in [0.29, 0.717) is 12.5 Å². The molecule has 0 amide bonds. The molecule has 1 aromatic rings. The van der Waals surface area contributed by atoms with E-state index < -0.39 is 0 Å². The molecule has 106 valence electrons.